The van der Waals surface area contributed by atoms with Crippen molar-refractivity contribution in [3.05, 3.63) is 46.5 Å². The molecule has 0 unspecified atom stereocenters. The Kier molecular flexibility index (Phi) is 5.35. The second-order valence-electron chi connectivity index (χ2n) is 4.71. The number of phenols is 1. The molecule has 2 aromatic rings. The van der Waals surface area contributed by atoms with Crippen molar-refractivity contribution >= 4 is 12.6 Å². The number of hydrogen-bond donors (Lipinski definition) is 1. The number of rotatable bonds is 6. The van der Waals surface area contributed by atoms with E-state index in [1.165, 1.54) is 0 Å². The quantitative estimate of drug-likeness (QED) is 0.632. The highest BCUT2D eigenvalue weighted by Gasteiger charge is 2.28. The molecule has 0 aromatic heterocycles. The SMILES string of the molecule is O=Cc1c(F)cc(O)c(-c2c(OCCF)cc(F)c(C=O)c2F)c1F. The van der Waals surface area contributed by atoms with Crippen LogP contribution in [0.4, 0.5) is 22.0 Å². The maximum absolute atomic E-state index is 14.5. The monoisotopic (exact) mass is 360 g/mol. The number of aldehydes is 2. The summed E-state index contributed by atoms with van der Waals surface area (Å²) in [4.78, 5) is 21.7. The number of halogens is 5. The van der Waals surface area contributed by atoms with Crippen LogP contribution in [0.3, 0.4) is 0 Å². The molecule has 0 fully saturated rings. The fourth-order valence-corrected chi connectivity index (χ4v) is 2.18. The van der Waals surface area contributed by atoms with Crippen molar-refractivity contribution in [2.75, 3.05) is 13.3 Å². The summed E-state index contributed by atoms with van der Waals surface area (Å²) >= 11 is 0. The summed E-state index contributed by atoms with van der Waals surface area (Å²) < 4.78 is 73.2. The molecule has 0 saturated carbocycles. The summed E-state index contributed by atoms with van der Waals surface area (Å²) in [6.45, 7) is -1.73. The smallest absolute Gasteiger partial charge is 0.155 e. The lowest BCUT2D eigenvalue weighted by atomic mass is 9.97. The molecule has 0 amide bonds. The van der Waals surface area contributed by atoms with Crippen LogP contribution in [0, 0.1) is 23.3 Å². The van der Waals surface area contributed by atoms with Crippen LogP contribution < -0.4 is 4.74 Å². The standard InChI is InChI=1S/C16H9F5O4/c17-1-2-25-12-4-10(19)8(6-23)16(21)14(12)13-11(24)3-9(18)7(5-22)15(13)20/h3-6,24H,1-2H2. The predicted molar refractivity (Wildman–Crippen MR) is 75.6 cm³/mol. The number of ether oxygens (including phenoxy) is 1. The third-order valence-electron chi connectivity index (χ3n) is 3.27. The van der Waals surface area contributed by atoms with Gasteiger partial charge in [-0.1, -0.05) is 0 Å². The van der Waals surface area contributed by atoms with Crippen LogP contribution >= 0.6 is 0 Å². The highest BCUT2D eigenvalue weighted by molar-refractivity contribution is 5.88. The molecule has 0 aliphatic carbocycles. The largest absolute Gasteiger partial charge is 0.507 e. The molecule has 0 heterocycles. The average Bonchev–Trinajstić information content (AvgIpc) is 2.55. The van der Waals surface area contributed by atoms with Crippen molar-refractivity contribution in [1.82, 2.24) is 0 Å². The van der Waals surface area contributed by atoms with Crippen molar-refractivity contribution in [3.63, 3.8) is 0 Å². The molecule has 0 bridgehead atoms. The molecule has 1 N–H and O–H groups in total. The van der Waals surface area contributed by atoms with E-state index >= 15 is 0 Å². The molecule has 0 spiro atoms. The fraction of sp³-hybridized carbons (Fsp3) is 0.125. The third kappa shape index (κ3) is 3.17. The molecule has 132 valence electrons. The minimum absolute atomic E-state index is 0.202. The second kappa shape index (κ2) is 7.29. The first-order chi connectivity index (χ1) is 11.9. The van der Waals surface area contributed by atoms with Crippen molar-refractivity contribution in [1.29, 1.82) is 0 Å². The summed E-state index contributed by atoms with van der Waals surface area (Å²) in [6, 6.07) is 0.824. The molecular weight excluding hydrogens is 351 g/mol. The predicted octanol–water partition coefficient (Wildman–Crippen LogP) is 3.59. The Morgan fingerprint density at radius 1 is 0.920 bits per heavy atom. The maximum Gasteiger partial charge on any atom is 0.155 e. The van der Waals surface area contributed by atoms with Gasteiger partial charge in [0.1, 0.15) is 48.0 Å². The first-order valence-electron chi connectivity index (χ1n) is 6.69. The Morgan fingerprint density at radius 3 is 1.96 bits per heavy atom. The topological polar surface area (TPSA) is 63.6 Å². The van der Waals surface area contributed by atoms with E-state index in [2.05, 4.69) is 0 Å². The average molecular weight is 360 g/mol. The van der Waals surface area contributed by atoms with E-state index in [4.69, 9.17) is 4.74 Å². The lowest BCUT2D eigenvalue weighted by molar-refractivity contribution is 0.110. The van der Waals surface area contributed by atoms with Gasteiger partial charge in [0.25, 0.3) is 0 Å². The lowest BCUT2D eigenvalue weighted by Gasteiger charge is -2.16. The van der Waals surface area contributed by atoms with Crippen molar-refractivity contribution in [2.24, 2.45) is 0 Å². The van der Waals surface area contributed by atoms with Gasteiger partial charge in [-0.05, 0) is 0 Å². The second-order valence-corrected chi connectivity index (χ2v) is 4.71. The fourth-order valence-electron chi connectivity index (χ4n) is 2.18. The third-order valence-corrected chi connectivity index (χ3v) is 3.27. The van der Waals surface area contributed by atoms with Gasteiger partial charge in [-0.15, -0.1) is 0 Å². The highest BCUT2D eigenvalue weighted by atomic mass is 19.1. The summed E-state index contributed by atoms with van der Waals surface area (Å²) in [5.74, 6) is -7.94. The van der Waals surface area contributed by atoms with E-state index in [0.29, 0.717) is 12.1 Å². The van der Waals surface area contributed by atoms with Gasteiger partial charge in [0.2, 0.25) is 0 Å². The van der Waals surface area contributed by atoms with E-state index in [-0.39, 0.29) is 12.6 Å². The lowest BCUT2D eigenvalue weighted by Crippen LogP contribution is -2.07. The number of phenolic OH excluding ortho intramolecular Hbond substituents is 1. The maximum atomic E-state index is 14.5. The molecule has 0 radical (unpaired) electrons. The van der Waals surface area contributed by atoms with Crippen LogP contribution in [0.25, 0.3) is 11.1 Å². The van der Waals surface area contributed by atoms with Crippen LogP contribution in [-0.2, 0) is 0 Å². The number of carbonyl (C=O) groups is 2. The zero-order chi connectivity index (χ0) is 18.7. The Hall–Kier alpha value is -2.97. The molecular formula is C16H9F5O4. The Labute approximate surface area is 137 Å². The summed E-state index contributed by atoms with van der Waals surface area (Å²) in [5.41, 5.74) is -4.22. The molecule has 0 atom stereocenters. The highest BCUT2D eigenvalue weighted by Crippen LogP contribution is 2.42. The molecule has 2 rings (SSSR count). The van der Waals surface area contributed by atoms with Crippen LogP contribution in [0.15, 0.2) is 12.1 Å². The van der Waals surface area contributed by atoms with E-state index in [1.807, 2.05) is 0 Å². The Morgan fingerprint density at radius 2 is 1.44 bits per heavy atom. The van der Waals surface area contributed by atoms with E-state index in [9.17, 15) is 36.6 Å². The first kappa shape index (κ1) is 18.4. The van der Waals surface area contributed by atoms with Crippen LogP contribution in [0.2, 0.25) is 0 Å². The van der Waals surface area contributed by atoms with Gasteiger partial charge in [0.05, 0.1) is 22.3 Å². The van der Waals surface area contributed by atoms with Gasteiger partial charge in [0.15, 0.2) is 12.6 Å². The normalized spacial score (nSPS) is 10.6. The molecule has 25 heavy (non-hydrogen) atoms. The molecule has 9 heteroatoms. The van der Waals surface area contributed by atoms with E-state index in [1.54, 1.807) is 0 Å². The van der Waals surface area contributed by atoms with Crippen molar-refractivity contribution in [2.45, 2.75) is 0 Å². The first-order valence-corrected chi connectivity index (χ1v) is 6.69. The number of hydrogen-bond acceptors (Lipinski definition) is 4. The van der Waals surface area contributed by atoms with Gasteiger partial charge < -0.3 is 9.84 Å². The van der Waals surface area contributed by atoms with Gasteiger partial charge in [0, 0.05) is 12.1 Å². The van der Waals surface area contributed by atoms with Gasteiger partial charge >= 0.3 is 0 Å². The van der Waals surface area contributed by atoms with Crippen LogP contribution in [0.1, 0.15) is 20.7 Å². The summed E-state index contributed by atoms with van der Waals surface area (Å²) in [5, 5.41) is 9.78. The minimum Gasteiger partial charge on any atom is -0.507 e. The van der Waals surface area contributed by atoms with Gasteiger partial charge in [-0.3, -0.25) is 9.59 Å². The van der Waals surface area contributed by atoms with Crippen LogP contribution in [0.5, 0.6) is 11.5 Å². The van der Waals surface area contributed by atoms with Gasteiger partial charge in [-0.25, -0.2) is 22.0 Å². The zero-order valence-electron chi connectivity index (χ0n) is 12.3. The van der Waals surface area contributed by atoms with Gasteiger partial charge in [-0.2, -0.15) is 0 Å². The number of alkyl halides is 1. The molecule has 0 saturated heterocycles. The molecule has 0 aliphatic rings. The van der Waals surface area contributed by atoms with E-state index in [0.717, 1.165) is 0 Å². The molecule has 0 aliphatic heterocycles. The van der Waals surface area contributed by atoms with Crippen molar-refractivity contribution in [3.8, 4) is 22.6 Å². The molecule has 4 nitrogen and oxygen atoms in total. The Balaban J connectivity index is 2.90. The molecule has 2 aromatic carbocycles. The Bertz CT molecular complexity index is 851. The summed E-state index contributed by atoms with van der Waals surface area (Å²) in [7, 11) is 0. The minimum atomic E-state index is -1.65. The van der Waals surface area contributed by atoms with Crippen LogP contribution in [-0.4, -0.2) is 31.0 Å². The van der Waals surface area contributed by atoms with Crippen molar-refractivity contribution < 1.29 is 41.4 Å². The number of benzene rings is 2. The number of aromatic hydroxyl groups is 1. The van der Waals surface area contributed by atoms with E-state index < -0.39 is 70.3 Å². The summed E-state index contributed by atoms with van der Waals surface area (Å²) in [6.07, 6.45) is -0.413. The number of carbonyl (C=O) groups excluding carboxylic acids is 2. The zero-order valence-corrected chi connectivity index (χ0v) is 12.3.